The molecule has 1 amide bonds. The van der Waals surface area contributed by atoms with E-state index >= 15 is 0 Å². The Bertz CT molecular complexity index is 1360. The molecule has 0 aliphatic carbocycles. The highest BCUT2D eigenvalue weighted by molar-refractivity contribution is 6.03. The second kappa shape index (κ2) is 8.11. The smallest absolute Gasteiger partial charge is 0.336 e. The molecule has 0 bridgehead atoms. The fourth-order valence-electron chi connectivity index (χ4n) is 3.02. The van der Waals surface area contributed by atoms with Gasteiger partial charge in [-0.2, -0.15) is 5.10 Å². The van der Waals surface area contributed by atoms with Gasteiger partial charge in [-0.1, -0.05) is 12.1 Å². The minimum Gasteiger partial charge on any atom is -0.464 e. The number of nitrogens with zero attached hydrogens (tertiary/aromatic N) is 3. The first-order valence-electron chi connectivity index (χ1n) is 9.16. The first-order valence-corrected chi connectivity index (χ1v) is 9.16. The lowest BCUT2D eigenvalue weighted by Crippen LogP contribution is -2.14. The molecular weight excluding hydrogens is 404 g/mol. The monoisotopic (exact) mass is 420 g/mol. The van der Waals surface area contributed by atoms with Gasteiger partial charge in [0.15, 0.2) is 18.2 Å². The SMILES string of the molecule is Cc1cc(=O)oc2cc(NC(=O)c3ccn(COc4ccccc4[N+](=O)[O-])n3)ccc12. The van der Waals surface area contributed by atoms with E-state index in [4.69, 9.17) is 9.15 Å². The highest BCUT2D eigenvalue weighted by Crippen LogP contribution is 2.26. The van der Waals surface area contributed by atoms with Crippen LogP contribution in [0.1, 0.15) is 16.1 Å². The molecule has 10 heteroatoms. The highest BCUT2D eigenvalue weighted by Gasteiger charge is 2.15. The molecule has 10 nitrogen and oxygen atoms in total. The van der Waals surface area contributed by atoms with Crippen molar-refractivity contribution in [1.82, 2.24) is 9.78 Å². The van der Waals surface area contributed by atoms with Crippen LogP contribution in [0.3, 0.4) is 0 Å². The molecule has 0 unspecified atom stereocenters. The summed E-state index contributed by atoms with van der Waals surface area (Å²) in [5.74, 6) is -0.374. The van der Waals surface area contributed by atoms with Gasteiger partial charge in [0.25, 0.3) is 5.91 Å². The van der Waals surface area contributed by atoms with E-state index in [1.54, 1.807) is 37.3 Å². The van der Waals surface area contributed by atoms with Crippen molar-refractivity contribution in [3.63, 3.8) is 0 Å². The maximum Gasteiger partial charge on any atom is 0.336 e. The number of rotatable bonds is 6. The van der Waals surface area contributed by atoms with Gasteiger partial charge in [-0.05, 0) is 36.8 Å². The summed E-state index contributed by atoms with van der Waals surface area (Å²) in [6, 6.07) is 13.9. The number of hydrogen-bond acceptors (Lipinski definition) is 7. The van der Waals surface area contributed by atoms with E-state index in [0.29, 0.717) is 11.3 Å². The number of amides is 1. The lowest BCUT2D eigenvalue weighted by Gasteiger charge is -2.07. The molecule has 0 atom stereocenters. The van der Waals surface area contributed by atoms with Crippen molar-refractivity contribution in [3.8, 4) is 5.75 Å². The summed E-state index contributed by atoms with van der Waals surface area (Å²) >= 11 is 0. The van der Waals surface area contributed by atoms with Gasteiger partial charge in [-0.25, -0.2) is 9.48 Å². The van der Waals surface area contributed by atoms with Crippen LogP contribution in [0.15, 0.2) is 70.0 Å². The summed E-state index contributed by atoms with van der Waals surface area (Å²) in [6.45, 7) is 1.69. The number of para-hydroxylation sites is 2. The number of carbonyl (C=O) groups excluding carboxylic acids is 1. The number of aromatic nitrogens is 2. The van der Waals surface area contributed by atoms with Crippen molar-refractivity contribution in [1.29, 1.82) is 0 Å². The van der Waals surface area contributed by atoms with Crippen LogP contribution in [-0.2, 0) is 6.73 Å². The average molecular weight is 420 g/mol. The van der Waals surface area contributed by atoms with Gasteiger partial charge in [0.2, 0.25) is 0 Å². The van der Waals surface area contributed by atoms with Crippen LogP contribution < -0.4 is 15.7 Å². The number of nitrogens with one attached hydrogen (secondary N) is 1. The predicted molar refractivity (Wildman–Crippen MR) is 111 cm³/mol. The summed E-state index contributed by atoms with van der Waals surface area (Å²) in [5, 5.41) is 18.6. The molecule has 0 fully saturated rings. The maximum atomic E-state index is 12.5. The minimum absolute atomic E-state index is 0.0990. The van der Waals surface area contributed by atoms with Crippen molar-refractivity contribution in [2.75, 3.05) is 5.32 Å². The Kier molecular flexibility index (Phi) is 5.19. The zero-order valence-corrected chi connectivity index (χ0v) is 16.3. The molecule has 0 spiro atoms. The molecule has 156 valence electrons. The fourth-order valence-corrected chi connectivity index (χ4v) is 3.02. The molecule has 1 N–H and O–H groups in total. The molecule has 2 heterocycles. The second-order valence-electron chi connectivity index (χ2n) is 6.65. The Labute approximate surface area is 174 Å². The van der Waals surface area contributed by atoms with E-state index in [2.05, 4.69) is 10.4 Å². The number of anilines is 1. The third kappa shape index (κ3) is 4.27. The van der Waals surface area contributed by atoms with Crippen LogP contribution in [0.4, 0.5) is 11.4 Å². The van der Waals surface area contributed by atoms with Gasteiger partial charge in [0, 0.05) is 35.5 Å². The van der Waals surface area contributed by atoms with Crippen molar-refractivity contribution in [2.24, 2.45) is 0 Å². The Morgan fingerprint density at radius 1 is 1.23 bits per heavy atom. The predicted octanol–water partition coefficient (Wildman–Crippen LogP) is 3.49. The number of hydrogen-bond donors (Lipinski definition) is 1. The van der Waals surface area contributed by atoms with Crippen LogP contribution in [0, 0.1) is 17.0 Å². The summed E-state index contributed by atoms with van der Waals surface area (Å²) in [6.07, 6.45) is 1.52. The zero-order valence-electron chi connectivity index (χ0n) is 16.3. The van der Waals surface area contributed by atoms with Gasteiger partial charge in [-0.3, -0.25) is 14.9 Å². The van der Waals surface area contributed by atoms with Gasteiger partial charge < -0.3 is 14.5 Å². The molecule has 31 heavy (non-hydrogen) atoms. The fraction of sp³-hybridized carbons (Fsp3) is 0.0952. The van der Waals surface area contributed by atoms with Crippen LogP contribution >= 0.6 is 0 Å². The van der Waals surface area contributed by atoms with E-state index in [0.717, 1.165) is 10.9 Å². The lowest BCUT2D eigenvalue weighted by molar-refractivity contribution is -0.386. The Balaban J connectivity index is 1.46. The quantitative estimate of drug-likeness (QED) is 0.287. The molecule has 2 aromatic carbocycles. The summed E-state index contributed by atoms with van der Waals surface area (Å²) in [5.41, 5.74) is 1.08. The summed E-state index contributed by atoms with van der Waals surface area (Å²) < 4.78 is 12.0. The number of carbonyl (C=O) groups is 1. The maximum absolute atomic E-state index is 12.5. The summed E-state index contributed by atoms with van der Waals surface area (Å²) in [4.78, 5) is 34.6. The topological polar surface area (TPSA) is 130 Å². The van der Waals surface area contributed by atoms with Crippen LogP contribution in [0.25, 0.3) is 11.0 Å². The first kappa shape index (κ1) is 19.8. The van der Waals surface area contributed by atoms with Crippen LogP contribution in [-0.4, -0.2) is 20.6 Å². The number of nitro groups is 1. The van der Waals surface area contributed by atoms with Crippen LogP contribution in [0.5, 0.6) is 5.75 Å². The molecule has 0 aliphatic rings. The molecule has 4 aromatic rings. The standard InChI is InChI=1S/C21H16N4O6/c1-13-10-20(26)31-19-11-14(6-7-15(13)19)22-21(27)16-8-9-24(23-16)12-30-18-5-3-2-4-17(18)25(28)29/h2-11H,12H2,1H3,(H,22,27). The molecule has 4 rings (SSSR count). The number of aryl methyl sites for hydroxylation is 1. The number of fused-ring (bicyclic) bond motifs is 1. The lowest BCUT2D eigenvalue weighted by atomic mass is 10.1. The van der Waals surface area contributed by atoms with E-state index in [1.165, 1.54) is 35.1 Å². The Morgan fingerprint density at radius 3 is 2.84 bits per heavy atom. The highest BCUT2D eigenvalue weighted by atomic mass is 16.6. The van der Waals surface area contributed by atoms with E-state index in [9.17, 15) is 19.7 Å². The normalized spacial score (nSPS) is 10.7. The third-order valence-corrected chi connectivity index (χ3v) is 4.50. The number of nitro benzene ring substituents is 1. The molecule has 0 saturated carbocycles. The van der Waals surface area contributed by atoms with Gasteiger partial charge in [0.1, 0.15) is 5.58 Å². The first-order chi connectivity index (χ1) is 14.9. The minimum atomic E-state index is -0.537. The van der Waals surface area contributed by atoms with E-state index in [-0.39, 0.29) is 23.9 Å². The van der Waals surface area contributed by atoms with Crippen molar-refractivity contribution in [2.45, 2.75) is 13.7 Å². The second-order valence-corrected chi connectivity index (χ2v) is 6.65. The van der Waals surface area contributed by atoms with E-state index in [1.807, 2.05) is 0 Å². The summed E-state index contributed by atoms with van der Waals surface area (Å²) in [7, 11) is 0. The molecule has 0 aliphatic heterocycles. The third-order valence-electron chi connectivity index (χ3n) is 4.50. The number of benzene rings is 2. The van der Waals surface area contributed by atoms with Gasteiger partial charge >= 0.3 is 11.3 Å². The van der Waals surface area contributed by atoms with E-state index < -0.39 is 16.5 Å². The molecule has 0 saturated heterocycles. The molecule has 2 aromatic heterocycles. The van der Waals surface area contributed by atoms with Crippen LogP contribution in [0.2, 0.25) is 0 Å². The van der Waals surface area contributed by atoms with Gasteiger partial charge in [-0.15, -0.1) is 0 Å². The largest absolute Gasteiger partial charge is 0.464 e. The van der Waals surface area contributed by atoms with Crippen molar-refractivity contribution in [3.05, 3.63) is 92.6 Å². The average Bonchev–Trinajstić information content (AvgIpc) is 3.21. The zero-order chi connectivity index (χ0) is 22.0. The molecule has 0 radical (unpaired) electrons. The Morgan fingerprint density at radius 2 is 2.03 bits per heavy atom. The molecular formula is C21H16N4O6. The Hall–Kier alpha value is -4.47. The van der Waals surface area contributed by atoms with Gasteiger partial charge in [0.05, 0.1) is 4.92 Å². The van der Waals surface area contributed by atoms with Crippen molar-refractivity contribution >= 4 is 28.3 Å². The number of ether oxygens (including phenoxy) is 1. The van der Waals surface area contributed by atoms with Crippen molar-refractivity contribution < 1.29 is 18.9 Å².